The van der Waals surface area contributed by atoms with E-state index in [-0.39, 0.29) is 52.5 Å². The van der Waals surface area contributed by atoms with Crippen LogP contribution < -0.4 is 4.74 Å². The fourth-order valence-corrected chi connectivity index (χ4v) is 8.27. The van der Waals surface area contributed by atoms with E-state index in [9.17, 15) is 33.0 Å². The van der Waals surface area contributed by atoms with Gasteiger partial charge in [-0.2, -0.15) is 13.2 Å². The molecule has 2 aliphatic heterocycles. The molecular formula is C33H37F3N2O5. The minimum absolute atomic E-state index is 0.0427. The number of phenols is 1. The predicted octanol–water partition coefficient (Wildman–Crippen LogP) is 4.82. The Bertz CT molecular complexity index is 1490. The number of hydrogen-bond donors (Lipinski definition) is 2. The molecule has 4 aliphatic rings. The third-order valence-electron chi connectivity index (χ3n) is 10.00. The van der Waals surface area contributed by atoms with E-state index in [1.807, 2.05) is 13.8 Å². The van der Waals surface area contributed by atoms with E-state index in [1.165, 1.54) is 24.3 Å². The largest absolute Gasteiger partial charge is 0.504 e. The first-order valence-electron chi connectivity index (χ1n) is 14.9. The van der Waals surface area contributed by atoms with Gasteiger partial charge in [-0.15, -0.1) is 0 Å². The maximum absolute atomic E-state index is 13.9. The van der Waals surface area contributed by atoms with Gasteiger partial charge in [0.05, 0.1) is 17.2 Å². The van der Waals surface area contributed by atoms with Crippen molar-refractivity contribution in [2.24, 2.45) is 11.8 Å². The van der Waals surface area contributed by atoms with Gasteiger partial charge in [-0.1, -0.05) is 26.0 Å². The van der Waals surface area contributed by atoms with Gasteiger partial charge < -0.3 is 24.7 Å². The van der Waals surface area contributed by atoms with Gasteiger partial charge in [0.15, 0.2) is 17.3 Å². The smallest absolute Gasteiger partial charge is 0.416 e. The number of amides is 1. The third kappa shape index (κ3) is 4.73. The summed E-state index contributed by atoms with van der Waals surface area (Å²) in [6.45, 7) is 4.52. The molecule has 10 heteroatoms. The summed E-state index contributed by atoms with van der Waals surface area (Å²) in [4.78, 5) is 30.6. The molecule has 230 valence electrons. The number of phenolic OH excluding ortho intramolecular Hbond substituents is 1. The van der Waals surface area contributed by atoms with E-state index in [0.29, 0.717) is 19.4 Å². The number of piperidine rings is 1. The zero-order chi connectivity index (χ0) is 30.8. The van der Waals surface area contributed by atoms with Crippen LogP contribution in [0.1, 0.15) is 65.7 Å². The van der Waals surface area contributed by atoms with E-state index in [4.69, 9.17) is 4.74 Å². The van der Waals surface area contributed by atoms with E-state index in [2.05, 4.69) is 11.9 Å². The molecule has 2 heterocycles. The van der Waals surface area contributed by atoms with Crippen LogP contribution in [-0.2, 0) is 22.8 Å². The van der Waals surface area contributed by atoms with Crippen LogP contribution in [0.5, 0.6) is 11.5 Å². The first-order valence-corrected chi connectivity index (χ1v) is 14.9. The molecule has 1 saturated heterocycles. The van der Waals surface area contributed by atoms with Crippen LogP contribution in [0.15, 0.2) is 36.4 Å². The Morgan fingerprint density at radius 3 is 2.70 bits per heavy atom. The molecule has 0 aromatic heterocycles. The summed E-state index contributed by atoms with van der Waals surface area (Å²) < 4.78 is 46.5. The number of Topliss-reactive ketones (excluding diaryl/α,β-unsaturated/α-hetero) is 1. The Labute approximate surface area is 248 Å². The number of carbonyl (C=O) groups is 2. The second-order valence-corrected chi connectivity index (χ2v) is 12.9. The summed E-state index contributed by atoms with van der Waals surface area (Å²) in [5.74, 6) is -0.526. The second kappa shape index (κ2) is 10.7. The highest BCUT2D eigenvalue weighted by atomic mass is 19.4. The van der Waals surface area contributed by atoms with Gasteiger partial charge in [-0.05, 0) is 86.5 Å². The SMILES string of the molecule is CC(C)CN(C(=O)C=Cc1cccc(C(F)(F)F)c1)C1CC[C@H]2[C@H]3Cc4cc(C(=O)CO)c(O)c5c4[C@@]2(CCN3C)C1O5. The predicted molar refractivity (Wildman–Crippen MR) is 154 cm³/mol. The van der Waals surface area contributed by atoms with Gasteiger partial charge in [-0.3, -0.25) is 9.59 Å². The zero-order valence-corrected chi connectivity index (χ0v) is 24.5. The number of carbonyl (C=O) groups excluding carboxylic acids is 2. The molecule has 7 nitrogen and oxygen atoms in total. The highest BCUT2D eigenvalue weighted by molar-refractivity contribution is 6.01. The molecule has 1 spiro atoms. The Kier molecular flexibility index (Phi) is 7.36. The first-order chi connectivity index (χ1) is 20.4. The number of aliphatic hydroxyl groups is 1. The number of halogens is 3. The fourth-order valence-electron chi connectivity index (χ4n) is 8.27. The van der Waals surface area contributed by atoms with Crippen LogP contribution in [0.2, 0.25) is 0 Å². The Morgan fingerprint density at radius 1 is 1.23 bits per heavy atom. The summed E-state index contributed by atoms with van der Waals surface area (Å²) in [5.41, 5.74) is 0.953. The van der Waals surface area contributed by atoms with Crippen molar-refractivity contribution in [3.8, 4) is 11.5 Å². The number of likely N-dealkylation sites (N-methyl/N-ethyl adjacent to an activating group) is 1. The summed E-state index contributed by atoms with van der Waals surface area (Å²) >= 11 is 0. The van der Waals surface area contributed by atoms with Crippen molar-refractivity contribution in [1.82, 2.24) is 9.80 Å². The van der Waals surface area contributed by atoms with Gasteiger partial charge in [0.2, 0.25) is 5.91 Å². The van der Waals surface area contributed by atoms with E-state index in [0.717, 1.165) is 42.6 Å². The molecule has 2 aromatic rings. The van der Waals surface area contributed by atoms with Crippen molar-refractivity contribution >= 4 is 17.8 Å². The quantitative estimate of drug-likeness (QED) is 0.351. The molecular weight excluding hydrogens is 561 g/mol. The highest BCUT2D eigenvalue weighted by Crippen LogP contribution is 2.64. The molecule has 1 amide bonds. The van der Waals surface area contributed by atoms with Crippen molar-refractivity contribution in [2.45, 2.75) is 69.3 Å². The number of aliphatic hydroxyl groups excluding tert-OH is 1. The molecule has 2 aromatic carbocycles. The average molecular weight is 599 g/mol. The number of aromatic hydroxyl groups is 1. The monoisotopic (exact) mass is 598 g/mol. The lowest BCUT2D eigenvalue weighted by molar-refractivity contribution is -0.138. The van der Waals surface area contributed by atoms with Crippen molar-refractivity contribution in [3.63, 3.8) is 0 Å². The molecule has 43 heavy (non-hydrogen) atoms. The lowest BCUT2D eigenvalue weighted by Crippen LogP contribution is -2.68. The number of ether oxygens (including phenoxy) is 1. The highest BCUT2D eigenvalue weighted by Gasteiger charge is 2.66. The Balaban J connectivity index is 1.40. The number of alkyl halides is 3. The molecule has 1 saturated carbocycles. The van der Waals surface area contributed by atoms with Crippen molar-refractivity contribution in [1.29, 1.82) is 0 Å². The standard InChI is InChI=1S/C33H37F3N2O5/c1-18(2)16-38(27(41)10-7-19-5-4-6-21(13-19)33(34,35)36)24-9-8-23-25-15-20-14-22(26(40)17-39)29(42)30-28(20)32(23,31(24)43-30)11-12-37(25)3/h4-7,10,13-14,18,23-25,31,39,42H,8-9,11-12,15-17H2,1-3H3/t23-,24?,25+,31?,32-/m0/s1. The molecule has 2 unspecified atom stereocenters. The van der Waals surface area contributed by atoms with Gasteiger partial charge in [0, 0.05) is 29.6 Å². The minimum atomic E-state index is -4.48. The maximum Gasteiger partial charge on any atom is 0.416 e. The van der Waals surface area contributed by atoms with Gasteiger partial charge in [0.1, 0.15) is 12.7 Å². The van der Waals surface area contributed by atoms with Crippen LogP contribution in [0.3, 0.4) is 0 Å². The first kappa shape index (κ1) is 29.7. The minimum Gasteiger partial charge on any atom is -0.504 e. The van der Waals surface area contributed by atoms with Crippen molar-refractivity contribution < 1.29 is 37.7 Å². The van der Waals surface area contributed by atoms with E-state index in [1.54, 1.807) is 11.0 Å². The molecule has 0 radical (unpaired) electrons. The molecule has 2 fully saturated rings. The Hall–Kier alpha value is -3.37. The summed E-state index contributed by atoms with van der Waals surface area (Å²) in [7, 11) is 2.10. The van der Waals surface area contributed by atoms with Crippen LogP contribution in [0.25, 0.3) is 6.08 Å². The average Bonchev–Trinajstić information content (AvgIpc) is 3.32. The van der Waals surface area contributed by atoms with E-state index >= 15 is 0 Å². The number of likely N-dealkylation sites (tertiary alicyclic amines) is 1. The zero-order valence-electron chi connectivity index (χ0n) is 24.5. The molecule has 2 N–H and O–H groups in total. The molecule has 5 atom stereocenters. The number of nitrogens with zero attached hydrogens (tertiary/aromatic N) is 2. The number of benzene rings is 2. The second-order valence-electron chi connectivity index (χ2n) is 12.9. The number of rotatable bonds is 7. The number of ketones is 1. The normalized spacial score (nSPS) is 27.7. The molecule has 2 aliphatic carbocycles. The van der Waals surface area contributed by atoms with Crippen LogP contribution in [-0.4, -0.2) is 76.6 Å². The van der Waals surface area contributed by atoms with Crippen LogP contribution in [0, 0.1) is 11.8 Å². The summed E-state index contributed by atoms with van der Waals surface area (Å²) in [5, 5.41) is 20.8. The molecule has 6 rings (SSSR count). The van der Waals surface area contributed by atoms with Crippen LogP contribution >= 0.6 is 0 Å². The van der Waals surface area contributed by atoms with Gasteiger partial charge in [0.25, 0.3) is 0 Å². The fraction of sp³-hybridized carbons (Fsp3) is 0.515. The third-order valence-corrected chi connectivity index (χ3v) is 10.00. The van der Waals surface area contributed by atoms with Crippen molar-refractivity contribution in [2.75, 3.05) is 26.7 Å². The topological polar surface area (TPSA) is 90.3 Å². The maximum atomic E-state index is 13.9. The van der Waals surface area contributed by atoms with Gasteiger partial charge in [-0.25, -0.2) is 0 Å². The lowest BCUT2D eigenvalue weighted by Gasteiger charge is -2.60. The van der Waals surface area contributed by atoms with Gasteiger partial charge >= 0.3 is 6.18 Å². The summed E-state index contributed by atoms with van der Waals surface area (Å²) in [6, 6.07) is 6.44. The van der Waals surface area contributed by atoms with Crippen molar-refractivity contribution in [3.05, 3.63) is 64.2 Å². The Morgan fingerprint density at radius 2 is 2.00 bits per heavy atom. The lowest BCUT2D eigenvalue weighted by atomic mass is 9.51. The van der Waals surface area contributed by atoms with Crippen LogP contribution in [0.4, 0.5) is 13.2 Å². The molecule has 2 bridgehead atoms. The number of hydrogen-bond acceptors (Lipinski definition) is 6. The van der Waals surface area contributed by atoms with E-state index < -0.39 is 35.6 Å². The summed E-state index contributed by atoms with van der Waals surface area (Å²) in [6.07, 6.45) is 0.785.